The van der Waals surface area contributed by atoms with Gasteiger partial charge >= 0.3 is 0 Å². The minimum atomic E-state index is -0.485. The van der Waals surface area contributed by atoms with Crippen molar-refractivity contribution >= 4 is 49.0 Å². The number of benzene rings is 1. The third kappa shape index (κ3) is 2.67. The highest BCUT2D eigenvalue weighted by molar-refractivity contribution is 9.13. The number of carbonyl (C=O) groups is 1. The molecule has 0 amide bonds. The molecule has 0 unspecified atom stereocenters. The first-order valence-electron chi connectivity index (χ1n) is 4.74. The Hall–Kier alpha value is -0.520. The maximum absolute atomic E-state index is 13.6. The second kappa shape index (κ2) is 5.00. The second-order valence-corrected chi connectivity index (χ2v) is 6.77. The van der Waals surface area contributed by atoms with E-state index in [4.69, 9.17) is 0 Å². The maximum Gasteiger partial charge on any atom is 0.205 e. The molecule has 0 N–H and O–H groups in total. The first-order valence-corrected chi connectivity index (χ1v) is 7.15. The Labute approximate surface area is 119 Å². The lowest BCUT2D eigenvalue weighted by atomic mass is 10.1. The van der Waals surface area contributed by atoms with Crippen LogP contribution in [0.15, 0.2) is 32.5 Å². The number of thiophene rings is 1. The molecular weight excluding hydrogens is 371 g/mol. The molecule has 0 saturated carbocycles. The van der Waals surface area contributed by atoms with Crippen LogP contribution in [0.25, 0.3) is 0 Å². The molecule has 0 radical (unpaired) electrons. The van der Waals surface area contributed by atoms with Crippen LogP contribution in [0.2, 0.25) is 0 Å². The number of aryl methyl sites for hydroxylation is 1. The summed E-state index contributed by atoms with van der Waals surface area (Å²) in [5.41, 5.74) is 0.982. The monoisotopic (exact) mass is 376 g/mol. The van der Waals surface area contributed by atoms with Gasteiger partial charge in [0, 0.05) is 4.47 Å². The van der Waals surface area contributed by atoms with Crippen LogP contribution in [0, 0.1) is 12.7 Å². The Morgan fingerprint density at radius 2 is 2.00 bits per heavy atom. The van der Waals surface area contributed by atoms with Gasteiger partial charge in [0.1, 0.15) is 5.82 Å². The highest BCUT2D eigenvalue weighted by atomic mass is 79.9. The maximum atomic E-state index is 13.6. The molecule has 0 fully saturated rings. The van der Waals surface area contributed by atoms with Gasteiger partial charge in [-0.2, -0.15) is 0 Å². The summed E-state index contributed by atoms with van der Waals surface area (Å²) in [6.45, 7) is 1.83. The summed E-state index contributed by atoms with van der Waals surface area (Å²) >= 11 is 7.91. The van der Waals surface area contributed by atoms with Crippen LogP contribution in [0.1, 0.15) is 20.8 Å². The van der Waals surface area contributed by atoms with Gasteiger partial charge in [-0.3, -0.25) is 4.79 Å². The van der Waals surface area contributed by atoms with Crippen LogP contribution < -0.4 is 0 Å². The van der Waals surface area contributed by atoms with E-state index in [0.717, 1.165) is 13.8 Å². The van der Waals surface area contributed by atoms with Crippen molar-refractivity contribution in [2.45, 2.75) is 6.92 Å². The first kappa shape index (κ1) is 12.9. The predicted octanol–water partition coefficient (Wildman–Crippen LogP) is 4.95. The molecule has 88 valence electrons. The third-order valence-electron chi connectivity index (χ3n) is 2.24. The van der Waals surface area contributed by atoms with Gasteiger partial charge in [0.05, 0.1) is 14.2 Å². The third-order valence-corrected chi connectivity index (χ3v) is 5.49. The molecule has 2 aromatic rings. The average molecular weight is 378 g/mol. The predicted molar refractivity (Wildman–Crippen MR) is 74.3 cm³/mol. The molecule has 0 spiro atoms. The molecular formula is C12H7Br2FOS. The number of ketones is 1. The van der Waals surface area contributed by atoms with E-state index in [0.29, 0.717) is 4.88 Å². The van der Waals surface area contributed by atoms with Crippen molar-refractivity contribution in [3.05, 3.63) is 54.3 Å². The van der Waals surface area contributed by atoms with Gasteiger partial charge in [-0.1, -0.05) is 11.6 Å². The van der Waals surface area contributed by atoms with Crippen molar-refractivity contribution in [2.75, 3.05) is 0 Å². The summed E-state index contributed by atoms with van der Waals surface area (Å²) in [7, 11) is 0. The van der Waals surface area contributed by atoms with E-state index in [1.807, 2.05) is 6.92 Å². The van der Waals surface area contributed by atoms with Gasteiger partial charge in [0.2, 0.25) is 5.78 Å². The largest absolute Gasteiger partial charge is 0.288 e. The molecule has 0 aliphatic heterocycles. The van der Waals surface area contributed by atoms with Crippen molar-refractivity contribution in [1.82, 2.24) is 0 Å². The molecule has 0 bridgehead atoms. The minimum Gasteiger partial charge on any atom is -0.288 e. The van der Waals surface area contributed by atoms with Crippen molar-refractivity contribution in [1.29, 1.82) is 0 Å². The Bertz CT molecular complexity index is 573. The summed E-state index contributed by atoms with van der Waals surface area (Å²) in [4.78, 5) is 12.6. The fourth-order valence-electron chi connectivity index (χ4n) is 1.40. The first-order chi connectivity index (χ1) is 7.99. The van der Waals surface area contributed by atoms with E-state index in [2.05, 4.69) is 31.9 Å². The number of carbonyl (C=O) groups excluding carboxylic acids is 1. The Kier molecular flexibility index (Phi) is 3.80. The minimum absolute atomic E-state index is 0.117. The van der Waals surface area contributed by atoms with Gasteiger partial charge in [-0.15, -0.1) is 11.3 Å². The molecule has 17 heavy (non-hydrogen) atoms. The Morgan fingerprint density at radius 1 is 1.29 bits per heavy atom. The molecule has 1 aromatic heterocycles. The van der Waals surface area contributed by atoms with Crippen molar-refractivity contribution in [3.8, 4) is 0 Å². The van der Waals surface area contributed by atoms with Gasteiger partial charge in [0.25, 0.3) is 0 Å². The second-order valence-electron chi connectivity index (χ2n) is 3.54. The zero-order valence-electron chi connectivity index (χ0n) is 8.76. The zero-order valence-corrected chi connectivity index (χ0v) is 12.7. The Balaban J connectivity index is 2.47. The quantitative estimate of drug-likeness (QED) is 0.676. The summed E-state index contributed by atoms with van der Waals surface area (Å²) in [5.74, 6) is -0.774. The van der Waals surface area contributed by atoms with E-state index < -0.39 is 5.82 Å². The zero-order chi connectivity index (χ0) is 12.6. The smallest absolute Gasteiger partial charge is 0.205 e. The van der Waals surface area contributed by atoms with E-state index in [1.165, 1.54) is 17.4 Å². The van der Waals surface area contributed by atoms with Crippen molar-refractivity contribution < 1.29 is 9.18 Å². The van der Waals surface area contributed by atoms with Gasteiger partial charge < -0.3 is 0 Å². The number of hydrogen-bond acceptors (Lipinski definition) is 2. The highest BCUT2D eigenvalue weighted by Gasteiger charge is 2.17. The van der Waals surface area contributed by atoms with E-state index in [9.17, 15) is 9.18 Å². The van der Waals surface area contributed by atoms with Gasteiger partial charge in [0.15, 0.2) is 0 Å². The van der Waals surface area contributed by atoms with Crippen molar-refractivity contribution in [3.63, 3.8) is 0 Å². The molecule has 1 nitrogen and oxygen atoms in total. The average Bonchev–Trinajstić information content (AvgIpc) is 2.62. The summed E-state index contributed by atoms with van der Waals surface area (Å²) in [5, 5.41) is 0. The van der Waals surface area contributed by atoms with E-state index in [1.54, 1.807) is 18.2 Å². The summed E-state index contributed by atoms with van der Waals surface area (Å²) in [6, 6.07) is 6.23. The highest BCUT2D eigenvalue weighted by Crippen LogP contribution is 2.33. The SMILES string of the molecule is Cc1ccc(F)c(C(=O)c2cc(Br)c(Br)s2)c1. The molecule has 5 heteroatoms. The van der Waals surface area contributed by atoms with E-state index >= 15 is 0 Å². The van der Waals surface area contributed by atoms with Crippen LogP contribution in [0.4, 0.5) is 4.39 Å². The van der Waals surface area contributed by atoms with Crippen molar-refractivity contribution in [2.24, 2.45) is 0 Å². The van der Waals surface area contributed by atoms with Crippen LogP contribution in [-0.4, -0.2) is 5.78 Å². The van der Waals surface area contributed by atoms with Crippen LogP contribution in [0.5, 0.6) is 0 Å². The molecule has 1 heterocycles. The fourth-order valence-corrected chi connectivity index (χ4v) is 3.39. The molecule has 0 aliphatic carbocycles. The van der Waals surface area contributed by atoms with Crippen LogP contribution >= 0.6 is 43.2 Å². The summed E-state index contributed by atoms with van der Waals surface area (Å²) < 4.78 is 15.2. The number of halogens is 3. The fraction of sp³-hybridized carbons (Fsp3) is 0.0833. The Morgan fingerprint density at radius 3 is 2.59 bits per heavy atom. The summed E-state index contributed by atoms with van der Waals surface area (Å²) in [6.07, 6.45) is 0. The van der Waals surface area contributed by atoms with E-state index in [-0.39, 0.29) is 11.3 Å². The lowest BCUT2D eigenvalue weighted by molar-refractivity contribution is 0.103. The molecule has 0 atom stereocenters. The van der Waals surface area contributed by atoms with Gasteiger partial charge in [-0.25, -0.2) is 4.39 Å². The van der Waals surface area contributed by atoms with Crippen LogP contribution in [-0.2, 0) is 0 Å². The molecule has 2 rings (SSSR count). The molecule has 0 saturated heterocycles. The number of rotatable bonds is 2. The lowest BCUT2D eigenvalue weighted by Gasteiger charge is -2.01. The normalized spacial score (nSPS) is 10.6. The molecule has 1 aromatic carbocycles. The lowest BCUT2D eigenvalue weighted by Crippen LogP contribution is -2.02. The topological polar surface area (TPSA) is 17.1 Å². The molecule has 0 aliphatic rings. The van der Waals surface area contributed by atoms with Crippen LogP contribution in [0.3, 0.4) is 0 Å². The standard InChI is InChI=1S/C12H7Br2FOS/c1-6-2-3-9(15)7(4-6)11(16)10-5-8(13)12(14)17-10/h2-5H,1H3. The number of hydrogen-bond donors (Lipinski definition) is 0. The van der Waals surface area contributed by atoms with Gasteiger partial charge in [-0.05, 0) is 57.0 Å².